The molecule has 0 unspecified atom stereocenters. The van der Waals surface area contributed by atoms with Crippen molar-refractivity contribution < 1.29 is 0 Å². The molecule has 0 bridgehead atoms. The van der Waals surface area contributed by atoms with Crippen LogP contribution in [-0.2, 0) is 0 Å². The maximum atomic E-state index is 5.13. The Kier molecular flexibility index (Phi) is 8.01. The second kappa shape index (κ2) is 13.1. The Hall–Kier alpha value is -5.09. The van der Waals surface area contributed by atoms with Gasteiger partial charge in [-0.25, -0.2) is 9.97 Å². The van der Waals surface area contributed by atoms with Crippen LogP contribution in [0.2, 0.25) is 0 Å². The summed E-state index contributed by atoms with van der Waals surface area (Å²) < 4.78 is 2.42. The first-order chi connectivity index (χ1) is 24.3. The van der Waals surface area contributed by atoms with E-state index in [1.807, 2.05) is 24.3 Å². The van der Waals surface area contributed by atoms with Gasteiger partial charge in [0.05, 0.1) is 28.6 Å². The van der Waals surface area contributed by atoms with Gasteiger partial charge in [0, 0.05) is 44.8 Å². The van der Waals surface area contributed by atoms with Crippen molar-refractivity contribution in [3.63, 3.8) is 0 Å². The van der Waals surface area contributed by atoms with Crippen molar-refractivity contribution in [3.05, 3.63) is 133 Å². The molecule has 0 amide bonds. The molecule has 9 rings (SSSR count). The summed E-state index contributed by atoms with van der Waals surface area (Å²) in [6.45, 7) is 0. The van der Waals surface area contributed by atoms with Crippen LogP contribution in [-0.4, -0.2) is 19.5 Å². The van der Waals surface area contributed by atoms with Crippen LogP contribution in [0.15, 0.2) is 121 Å². The largest absolute Gasteiger partial charge is 0.308 e. The van der Waals surface area contributed by atoms with E-state index < -0.39 is 0 Å². The van der Waals surface area contributed by atoms with E-state index in [9.17, 15) is 0 Å². The molecule has 0 aliphatic heterocycles. The Labute approximate surface area is 288 Å². The third kappa shape index (κ3) is 5.84. The highest BCUT2D eigenvalue weighted by Crippen LogP contribution is 2.40. The highest BCUT2D eigenvalue weighted by Gasteiger charge is 2.22. The van der Waals surface area contributed by atoms with E-state index in [2.05, 4.69) is 102 Å². The molecule has 0 atom stereocenters. The molecule has 0 radical (unpaired) electrons. The fourth-order valence-corrected chi connectivity index (χ4v) is 8.39. The molecule has 2 aliphatic rings. The zero-order valence-electron chi connectivity index (χ0n) is 28.1. The van der Waals surface area contributed by atoms with Gasteiger partial charge in [-0.2, -0.15) is 0 Å². The Balaban J connectivity index is 1.15. The third-order valence-electron chi connectivity index (χ3n) is 11.0. The van der Waals surface area contributed by atoms with E-state index in [0.717, 1.165) is 39.6 Å². The molecular formula is C45H42N4. The van der Waals surface area contributed by atoms with Gasteiger partial charge in [0.2, 0.25) is 0 Å². The predicted molar refractivity (Wildman–Crippen MR) is 202 cm³/mol. The minimum absolute atomic E-state index is 0.576. The average Bonchev–Trinajstić information content (AvgIpc) is 3.52. The van der Waals surface area contributed by atoms with Gasteiger partial charge in [-0.3, -0.25) is 4.98 Å². The van der Waals surface area contributed by atoms with Gasteiger partial charge in [0.25, 0.3) is 0 Å². The van der Waals surface area contributed by atoms with Crippen LogP contribution in [0.1, 0.15) is 87.3 Å². The van der Waals surface area contributed by atoms with E-state index in [0.29, 0.717) is 11.8 Å². The number of fused-ring (bicyclic) bond motifs is 3. The Bertz CT molecular complexity index is 2090. The molecule has 2 aliphatic carbocycles. The maximum absolute atomic E-state index is 5.13. The molecule has 49 heavy (non-hydrogen) atoms. The van der Waals surface area contributed by atoms with Gasteiger partial charge in [-0.15, -0.1) is 0 Å². The summed E-state index contributed by atoms with van der Waals surface area (Å²) in [5.74, 6) is 1.98. The summed E-state index contributed by atoms with van der Waals surface area (Å²) in [7, 11) is 0. The van der Waals surface area contributed by atoms with E-state index in [-0.39, 0.29) is 0 Å². The molecule has 7 aromatic rings. The van der Waals surface area contributed by atoms with Crippen LogP contribution in [0, 0.1) is 0 Å². The monoisotopic (exact) mass is 638 g/mol. The average molecular weight is 639 g/mol. The number of hydrogen-bond donors (Lipinski definition) is 0. The number of hydrogen-bond acceptors (Lipinski definition) is 3. The lowest BCUT2D eigenvalue weighted by Gasteiger charge is -2.22. The third-order valence-corrected chi connectivity index (χ3v) is 11.0. The molecule has 4 nitrogen and oxygen atoms in total. The highest BCUT2D eigenvalue weighted by molar-refractivity contribution is 6.09. The van der Waals surface area contributed by atoms with Gasteiger partial charge >= 0.3 is 0 Å². The topological polar surface area (TPSA) is 43.6 Å². The van der Waals surface area contributed by atoms with E-state index in [1.165, 1.54) is 97.3 Å². The second-order valence-corrected chi connectivity index (χ2v) is 14.1. The van der Waals surface area contributed by atoms with Gasteiger partial charge in [-0.1, -0.05) is 117 Å². The predicted octanol–water partition coefficient (Wildman–Crippen LogP) is 12.1. The van der Waals surface area contributed by atoms with Crippen LogP contribution >= 0.6 is 0 Å². The summed E-state index contributed by atoms with van der Waals surface area (Å²) in [6, 6.07) is 41.4. The van der Waals surface area contributed by atoms with E-state index in [1.54, 1.807) is 0 Å². The van der Waals surface area contributed by atoms with Crippen molar-refractivity contribution in [1.82, 2.24) is 19.5 Å². The van der Waals surface area contributed by atoms with Crippen molar-refractivity contribution in [2.24, 2.45) is 0 Å². The quantitative estimate of drug-likeness (QED) is 0.182. The fraction of sp³-hybridized carbons (Fsp3) is 0.267. The van der Waals surface area contributed by atoms with Gasteiger partial charge < -0.3 is 4.57 Å². The molecule has 4 heteroatoms. The summed E-state index contributed by atoms with van der Waals surface area (Å²) in [5.41, 5.74) is 11.4. The lowest BCUT2D eigenvalue weighted by Crippen LogP contribution is -2.06. The normalized spacial score (nSPS) is 16.0. The number of benzene rings is 4. The van der Waals surface area contributed by atoms with Crippen molar-refractivity contribution >= 4 is 21.8 Å². The number of rotatable bonds is 6. The van der Waals surface area contributed by atoms with Gasteiger partial charge in [-0.05, 0) is 73.6 Å². The lowest BCUT2D eigenvalue weighted by molar-refractivity contribution is 0.437. The van der Waals surface area contributed by atoms with Crippen molar-refractivity contribution in [1.29, 1.82) is 0 Å². The number of nitrogens with zero attached hydrogens (tertiary/aromatic N) is 4. The first-order valence-electron chi connectivity index (χ1n) is 18.3. The molecule has 242 valence electrons. The highest BCUT2D eigenvalue weighted by atomic mass is 15.0. The van der Waals surface area contributed by atoms with Gasteiger partial charge in [0.15, 0.2) is 5.82 Å². The molecule has 3 heterocycles. The zero-order valence-corrected chi connectivity index (χ0v) is 28.1. The molecule has 0 N–H and O–H groups in total. The Morgan fingerprint density at radius 2 is 1.08 bits per heavy atom. The molecule has 2 fully saturated rings. The molecule has 0 saturated heterocycles. The fourth-order valence-electron chi connectivity index (χ4n) is 8.39. The van der Waals surface area contributed by atoms with E-state index in [4.69, 9.17) is 15.0 Å². The van der Waals surface area contributed by atoms with Crippen LogP contribution in [0.25, 0.3) is 61.4 Å². The number of aromatic nitrogens is 4. The second-order valence-electron chi connectivity index (χ2n) is 14.1. The molecular weight excluding hydrogens is 597 g/mol. The first-order valence-corrected chi connectivity index (χ1v) is 18.3. The summed E-state index contributed by atoms with van der Waals surface area (Å²) >= 11 is 0. The van der Waals surface area contributed by atoms with E-state index >= 15 is 0 Å². The van der Waals surface area contributed by atoms with Crippen molar-refractivity contribution in [2.75, 3.05) is 0 Å². The van der Waals surface area contributed by atoms with Crippen LogP contribution < -0.4 is 0 Å². The smallest absolute Gasteiger partial charge is 0.160 e. The molecule has 0 spiro atoms. The Morgan fingerprint density at radius 1 is 0.490 bits per heavy atom. The number of pyridine rings is 1. The standard InChI is InChI=1S/C45H42N4/c1-5-13-31(14-6-1)36-23-26-43-38(27-36)39-28-40(32-15-7-2-8-16-32)46-30-44(39)49(43)37-24-21-34(22-25-37)42-29-41(33-17-9-3-10-18-33)47-45(48-42)35-19-11-4-12-20-35/h3-4,9-12,17-32H,1-2,5-8,13-16H2. The molecule has 3 aromatic heterocycles. The minimum Gasteiger partial charge on any atom is -0.308 e. The SMILES string of the molecule is c1ccc(-c2cc(-c3ccc(-n4c5ccc(C6CCCCC6)cc5c5cc(C6CCCCC6)ncc54)cc3)nc(-c3ccccc3)n2)cc1. The van der Waals surface area contributed by atoms with Crippen molar-refractivity contribution in [3.8, 4) is 39.6 Å². The van der Waals surface area contributed by atoms with Crippen LogP contribution in [0.3, 0.4) is 0 Å². The first kappa shape index (κ1) is 30.0. The van der Waals surface area contributed by atoms with Gasteiger partial charge in [0.1, 0.15) is 0 Å². The minimum atomic E-state index is 0.576. The summed E-state index contributed by atoms with van der Waals surface area (Å²) in [5, 5.41) is 2.69. The zero-order chi connectivity index (χ0) is 32.6. The summed E-state index contributed by atoms with van der Waals surface area (Å²) in [4.78, 5) is 15.2. The molecule has 4 aromatic carbocycles. The lowest BCUT2D eigenvalue weighted by atomic mass is 9.83. The summed E-state index contributed by atoms with van der Waals surface area (Å²) in [6.07, 6.45) is 15.3. The van der Waals surface area contributed by atoms with Crippen LogP contribution in [0.4, 0.5) is 0 Å². The molecule has 2 saturated carbocycles. The van der Waals surface area contributed by atoms with Crippen LogP contribution in [0.5, 0.6) is 0 Å². The van der Waals surface area contributed by atoms with Crippen molar-refractivity contribution in [2.45, 2.75) is 76.0 Å². The Morgan fingerprint density at radius 3 is 1.76 bits per heavy atom. The maximum Gasteiger partial charge on any atom is 0.160 e.